The van der Waals surface area contributed by atoms with Crippen LogP contribution in [0.1, 0.15) is 192 Å². The van der Waals surface area contributed by atoms with Crippen LogP contribution < -0.4 is 49.1 Å². The molecule has 0 amide bonds. The van der Waals surface area contributed by atoms with Crippen LogP contribution in [0.3, 0.4) is 0 Å². The van der Waals surface area contributed by atoms with Crippen molar-refractivity contribution in [3.63, 3.8) is 0 Å². The number of hydrazone groups is 1. The van der Waals surface area contributed by atoms with E-state index in [0.29, 0.717) is 161 Å². The average Bonchev–Trinajstić information content (AvgIpc) is 1.51. The number of nitrogens with zero attached hydrogens (tertiary/aromatic N) is 5. The summed E-state index contributed by atoms with van der Waals surface area (Å²) in [6, 6.07) is 33.0. The lowest BCUT2D eigenvalue weighted by Crippen LogP contribution is -2.23. The number of H-pyrrole nitrogens is 1. The maximum absolute atomic E-state index is 7.60. The van der Waals surface area contributed by atoms with Crippen molar-refractivity contribution < 1.29 is 37.9 Å². The number of nitrogens with two attached hydrogens (primary N) is 1. The summed E-state index contributed by atoms with van der Waals surface area (Å²) in [4.78, 5) is 26.5. The molecule has 0 saturated carbocycles. The molecule has 0 atom stereocenters. The summed E-state index contributed by atoms with van der Waals surface area (Å²) in [5, 5.41) is 13.5. The molecule has 3 heterocycles. The maximum atomic E-state index is 7.60. The first-order valence-electron chi connectivity index (χ1n) is 35.5. The number of nitrogens with one attached hydrogen (secondary N) is 2. The predicted octanol–water partition coefficient (Wildman–Crippen LogP) is 19.6. The Kier molecular flexibility index (Phi) is 23.7. The van der Waals surface area contributed by atoms with Gasteiger partial charge in [0, 0.05) is 66.6 Å². The second kappa shape index (κ2) is 33.4. The van der Waals surface area contributed by atoms with Gasteiger partial charge in [-0.25, -0.2) is 20.0 Å². The Bertz CT molecular complexity index is 4360. The number of rotatable bonds is 32. The second-order valence-corrected chi connectivity index (χ2v) is 24.7. The highest BCUT2D eigenvalue weighted by molar-refractivity contribution is 6.31. The zero-order valence-electron chi connectivity index (χ0n) is 57.6. The largest absolute Gasteiger partial charge is 0.493 e. The van der Waals surface area contributed by atoms with Gasteiger partial charge in [-0.05, 0) is 51.4 Å². The molecule has 4 bridgehead atoms. The van der Waals surface area contributed by atoms with E-state index in [1.807, 2.05) is 61.0 Å². The molecule has 504 valence electrons. The minimum absolute atomic E-state index is 0.141. The minimum atomic E-state index is 0.141. The number of aromatic nitrogens is 1. The van der Waals surface area contributed by atoms with Crippen molar-refractivity contribution in [3.8, 4) is 46.0 Å². The van der Waals surface area contributed by atoms with Gasteiger partial charge in [-0.1, -0.05) is 204 Å². The fourth-order valence-corrected chi connectivity index (χ4v) is 12.4. The van der Waals surface area contributed by atoms with Crippen molar-refractivity contribution in [2.24, 2.45) is 30.8 Å². The van der Waals surface area contributed by atoms with E-state index in [-0.39, 0.29) is 12.4 Å². The Balaban J connectivity index is 1.34. The summed E-state index contributed by atoms with van der Waals surface area (Å²) in [5.41, 5.74) is 14.9. The average molecular weight is 1300 g/mol. The number of hydrogen-bond acceptors (Lipinski definition) is 15. The Morgan fingerprint density at radius 2 is 0.667 bits per heavy atom. The van der Waals surface area contributed by atoms with Crippen molar-refractivity contribution in [2.75, 3.05) is 52.9 Å². The number of unbranched alkanes of at least 4 members (excludes halogenated alkanes) is 8. The van der Waals surface area contributed by atoms with Crippen LogP contribution in [0, 0.1) is 0 Å². The van der Waals surface area contributed by atoms with Gasteiger partial charge in [-0.2, -0.15) is 5.10 Å². The maximum Gasteiger partial charge on any atom is 0.168 e. The molecule has 16 nitrogen and oxygen atoms in total. The molecular formula is C80H96N8O8. The molecule has 9 aromatic rings. The van der Waals surface area contributed by atoms with Gasteiger partial charge in [0.2, 0.25) is 0 Å². The summed E-state index contributed by atoms with van der Waals surface area (Å²) in [5.74, 6) is 6.80. The predicted molar refractivity (Wildman–Crippen MR) is 396 cm³/mol. The second-order valence-electron chi connectivity index (χ2n) is 24.7. The Hall–Kier alpha value is -9.31. The molecule has 96 heavy (non-hydrogen) atoms. The number of aromatic amines is 1. The normalized spacial score (nSPS) is 14.7. The van der Waals surface area contributed by atoms with Crippen LogP contribution in [0.4, 0.5) is 11.6 Å². The van der Waals surface area contributed by atoms with E-state index >= 15 is 0 Å². The van der Waals surface area contributed by atoms with Crippen LogP contribution in [0.5, 0.6) is 46.0 Å². The number of fused-ring (bicyclic) bond motifs is 15. The summed E-state index contributed by atoms with van der Waals surface area (Å²) in [7, 11) is 0. The number of ether oxygens (including phenoxy) is 8. The smallest absolute Gasteiger partial charge is 0.168 e. The van der Waals surface area contributed by atoms with E-state index in [1.165, 1.54) is 0 Å². The van der Waals surface area contributed by atoms with Crippen LogP contribution in [0.2, 0.25) is 0 Å². The van der Waals surface area contributed by atoms with E-state index in [4.69, 9.17) is 68.7 Å². The quantitative estimate of drug-likeness (QED) is 0.0342. The molecule has 0 fully saturated rings. The van der Waals surface area contributed by atoms with Crippen LogP contribution in [0.25, 0.3) is 53.9 Å². The molecule has 2 aliphatic heterocycles. The Labute approximate surface area is 565 Å². The fourth-order valence-electron chi connectivity index (χ4n) is 12.4. The molecule has 0 spiro atoms. The summed E-state index contributed by atoms with van der Waals surface area (Å²) >= 11 is 0. The molecule has 0 radical (unpaired) electrons. The van der Waals surface area contributed by atoms with Crippen molar-refractivity contribution >= 4 is 95.4 Å². The monoisotopic (exact) mass is 1300 g/mol. The highest BCUT2D eigenvalue weighted by Gasteiger charge is 2.35. The van der Waals surface area contributed by atoms with Gasteiger partial charge < -0.3 is 54.0 Å². The first-order chi connectivity index (χ1) is 47.3. The van der Waals surface area contributed by atoms with Gasteiger partial charge in [0.05, 0.1) is 92.4 Å². The SMILES string of the molecule is CCCCOc1c2c(c(OCCCC)c3ccccc13)CN/N=C(\N)c1c(c(OCCCC)c3ccccc3c1OCCCC)/C=N/C1=NC(=N\c3[nH]c(c4c(OCCCC)c5ccccc5c(OCCCC)c34)/N=C/2)/c2c1c(OCCCC)c1ccccc1c2OCCCC. The van der Waals surface area contributed by atoms with Crippen LogP contribution in [-0.2, 0) is 6.54 Å². The van der Waals surface area contributed by atoms with Gasteiger partial charge in [0.25, 0.3) is 0 Å². The lowest BCUT2D eigenvalue weighted by Gasteiger charge is -2.22. The summed E-state index contributed by atoms with van der Waals surface area (Å²) in [6.07, 6.45) is 17.7. The zero-order chi connectivity index (χ0) is 66.8. The Morgan fingerprint density at radius 3 is 1.09 bits per heavy atom. The van der Waals surface area contributed by atoms with Gasteiger partial charge >= 0.3 is 0 Å². The van der Waals surface area contributed by atoms with Crippen molar-refractivity contribution in [3.05, 3.63) is 130 Å². The van der Waals surface area contributed by atoms with Gasteiger partial charge in [-0.3, -0.25) is 0 Å². The summed E-state index contributed by atoms with van der Waals surface area (Å²) in [6.45, 7) is 21.1. The first kappa shape index (κ1) is 68.1. The van der Waals surface area contributed by atoms with Crippen molar-refractivity contribution in [2.45, 2.75) is 165 Å². The van der Waals surface area contributed by atoms with Crippen LogP contribution in [-0.4, -0.2) is 87.8 Å². The molecule has 1 aromatic heterocycles. The highest BCUT2D eigenvalue weighted by Crippen LogP contribution is 2.53. The van der Waals surface area contributed by atoms with E-state index in [2.05, 4.69) is 114 Å². The van der Waals surface area contributed by atoms with Crippen LogP contribution in [0.15, 0.2) is 122 Å². The molecule has 16 heteroatoms. The molecule has 0 unspecified atom stereocenters. The first-order valence-corrected chi connectivity index (χ1v) is 35.5. The van der Waals surface area contributed by atoms with Crippen molar-refractivity contribution in [1.82, 2.24) is 10.4 Å². The number of aliphatic imine (C=N–C) groups is 4. The lowest BCUT2D eigenvalue weighted by atomic mass is 9.96. The summed E-state index contributed by atoms with van der Waals surface area (Å²) < 4.78 is 56.5. The van der Waals surface area contributed by atoms with Crippen LogP contribution >= 0.6 is 0 Å². The molecule has 0 saturated heterocycles. The molecule has 2 aliphatic rings. The topological polar surface area (TPSA) is 189 Å². The lowest BCUT2D eigenvalue weighted by molar-refractivity contribution is 0.302. The molecule has 11 rings (SSSR count). The van der Waals surface area contributed by atoms with Gasteiger partial charge in [-0.15, -0.1) is 0 Å². The minimum Gasteiger partial charge on any atom is -0.493 e. The zero-order valence-corrected chi connectivity index (χ0v) is 57.6. The molecule has 8 aromatic carbocycles. The molecule has 0 aliphatic carbocycles. The third kappa shape index (κ3) is 14.4. The van der Waals surface area contributed by atoms with E-state index < -0.39 is 0 Å². The van der Waals surface area contributed by atoms with E-state index in [0.717, 1.165) is 151 Å². The van der Waals surface area contributed by atoms with E-state index in [1.54, 1.807) is 0 Å². The van der Waals surface area contributed by atoms with E-state index in [9.17, 15) is 0 Å². The molecule has 4 N–H and O–H groups in total. The third-order valence-electron chi connectivity index (χ3n) is 17.5. The van der Waals surface area contributed by atoms with Gasteiger partial charge in [0.15, 0.2) is 17.5 Å². The number of amidine groups is 3. The number of hydrogen-bond donors (Lipinski definition) is 3. The standard InChI is InChI=1S/C80H96N8O8/c1-9-17-41-89-68-52-33-25-26-34-53(52)69(90-42-18-10-2)61-51-84-88-76(81)63-62(70(91-43-19-11-3)54-35-27-28-36-55(54)71(63)92-44-20-12-4)50-83-78-65-67(75(96-48-24-16-8)59-40-32-30-38-57(59)73(65)94-46-22-14-6)80(86-78)87-79-66-64(77(85-79)82-49-60(61)68)72(93-45-21-13-5)56-37-29-31-39-58(56)74(66)95-47-23-15-7/h25-40,49-50,84-85H,9-24,41-48,51H2,1-8H3,(H2,81,88)/b82-49+,83-50+,87-80-. The molecular weight excluding hydrogens is 1200 g/mol. The third-order valence-corrected chi connectivity index (χ3v) is 17.5. The Morgan fingerprint density at radius 1 is 0.344 bits per heavy atom. The van der Waals surface area contributed by atoms with Gasteiger partial charge in [0.1, 0.15) is 57.6 Å². The highest BCUT2D eigenvalue weighted by atomic mass is 16.5. The fraction of sp³-hybridized carbons (Fsp3) is 0.412. The van der Waals surface area contributed by atoms with Crippen molar-refractivity contribution in [1.29, 1.82) is 0 Å². The number of benzene rings is 8.